The maximum Gasteiger partial charge on any atom is 0.109 e. The summed E-state index contributed by atoms with van der Waals surface area (Å²) >= 11 is 8.71. The summed E-state index contributed by atoms with van der Waals surface area (Å²) < 4.78 is 0.935. The Bertz CT molecular complexity index is 424. The zero-order chi connectivity index (χ0) is 14.3. The molecule has 0 saturated carbocycles. The van der Waals surface area contributed by atoms with Crippen LogP contribution in [-0.4, -0.2) is 20.9 Å². The number of thiocarbonyl (C=S) groups is 1. The van der Waals surface area contributed by atoms with E-state index in [4.69, 9.17) is 12.2 Å². The van der Waals surface area contributed by atoms with Gasteiger partial charge in [-0.25, -0.2) is 0 Å². The van der Waals surface area contributed by atoms with Crippen molar-refractivity contribution in [1.29, 1.82) is 0 Å². The van der Waals surface area contributed by atoms with Gasteiger partial charge in [0, 0.05) is 10.1 Å². The molecule has 0 bridgehead atoms. The molecule has 0 heterocycles. The fraction of sp³-hybridized carbons (Fsp3) is 0.500. The molecule has 1 aromatic rings. The van der Waals surface area contributed by atoms with E-state index in [1.54, 1.807) is 23.5 Å². The number of nitrogens with zero attached hydrogens (tertiary/aromatic N) is 2. The van der Waals surface area contributed by atoms with Crippen molar-refractivity contribution in [2.45, 2.75) is 43.4 Å². The molecule has 0 aliphatic carbocycles. The van der Waals surface area contributed by atoms with Crippen LogP contribution in [0, 0.1) is 0 Å². The number of azo groups is 1. The molecule has 2 nitrogen and oxygen atoms in total. The molecule has 0 N–H and O–H groups in total. The van der Waals surface area contributed by atoms with E-state index < -0.39 is 0 Å². The van der Waals surface area contributed by atoms with Gasteiger partial charge in [-0.1, -0.05) is 49.1 Å². The first-order valence-electron chi connectivity index (χ1n) is 6.19. The maximum atomic E-state index is 5.39. The number of hydrogen-bond donors (Lipinski definition) is 0. The Morgan fingerprint density at radius 3 is 2.47 bits per heavy atom. The van der Waals surface area contributed by atoms with Crippen molar-refractivity contribution in [1.82, 2.24) is 0 Å². The molecule has 0 aliphatic rings. The van der Waals surface area contributed by atoms with Gasteiger partial charge in [0.05, 0.1) is 12.1 Å². The molecule has 0 aliphatic heterocycles. The van der Waals surface area contributed by atoms with Crippen LogP contribution in [0.3, 0.4) is 0 Å². The van der Waals surface area contributed by atoms with Gasteiger partial charge in [-0.2, -0.15) is 10.2 Å². The van der Waals surface area contributed by atoms with Gasteiger partial charge >= 0.3 is 0 Å². The van der Waals surface area contributed by atoms with E-state index in [1.165, 1.54) is 4.90 Å². The molecule has 5 heteroatoms. The molecule has 0 amide bonds. The first-order chi connectivity index (χ1) is 8.87. The summed E-state index contributed by atoms with van der Waals surface area (Å²) in [5, 5.41) is 8.84. The van der Waals surface area contributed by atoms with Gasteiger partial charge in [0.1, 0.15) is 3.53 Å². The second kappa shape index (κ2) is 8.02. The Kier molecular flexibility index (Phi) is 7.04. The summed E-state index contributed by atoms with van der Waals surface area (Å²) in [5.74, 6) is 0. The molecular formula is C14H20N2S3. The minimum Gasteiger partial charge on any atom is -0.192 e. The molecule has 1 atom stereocenters. The van der Waals surface area contributed by atoms with Crippen LogP contribution in [0.4, 0.5) is 0 Å². The second-order valence-corrected chi connectivity index (χ2v) is 8.90. The summed E-state index contributed by atoms with van der Waals surface area (Å²) in [5.41, 5.74) is -0.0936. The van der Waals surface area contributed by atoms with E-state index in [2.05, 4.69) is 29.3 Å². The fourth-order valence-corrected chi connectivity index (χ4v) is 3.89. The predicted molar refractivity (Wildman–Crippen MR) is 91.4 cm³/mol. The van der Waals surface area contributed by atoms with Crippen LogP contribution in [-0.2, 0) is 0 Å². The fourth-order valence-electron chi connectivity index (χ4n) is 1.18. The summed E-state index contributed by atoms with van der Waals surface area (Å²) in [4.78, 5) is 1.18. The second-order valence-electron chi connectivity index (χ2n) is 5.19. The van der Waals surface area contributed by atoms with E-state index in [0.29, 0.717) is 11.8 Å². The third-order valence-corrected chi connectivity index (χ3v) is 4.45. The summed E-state index contributed by atoms with van der Waals surface area (Å²) in [6, 6.07) is 10.2. The van der Waals surface area contributed by atoms with Crippen molar-refractivity contribution in [2.24, 2.45) is 10.2 Å². The maximum absolute atomic E-state index is 5.39. The van der Waals surface area contributed by atoms with Crippen molar-refractivity contribution < 1.29 is 0 Å². The average molecular weight is 313 g/mol. The van der Waals surface area contributed by atoms with Crippen LogP contribution in [0.5, 0.6) is 0 Å². The zero-order valence-electron chi connectivity index (χ0n) is 11.8. The molecule has 1 unspecified atom stereocenters. The van der Waals surface area contributed by atoms with E-state index in [1.807, 2.05) is 39.0 Å². The van der Waals surface area contributed by atoms with Crippen LogP contribution in [0.15, 0.2) is 45.5 Å². The summed E-state index contributed by atoms with van der Waals surface area (Å²) in [6.45, 7) is 8.97. The molecule has 0 saturated heterocycles. The highest BCUT2D eigenvalue weighted by molar-refractivity contribution is 8.47. The zero-order valence-corrected chi connectivity index (χ0v) is 14.2. The number of hydrogen-bond acceptors (Lipinski definition) is 5. The molecule has 1 rings (SSSR count). The molecule has 19 heavy (non-hydrogen) atoms. The Balaban J connectivity index is 2.34. The topological polar surface area (TPSA) is 24.7 Å². The lowest BCUT2D eigenvalue weighted by Gasteiger charge is -2.11. The number of thioether (sulfide) groups is 2. The van der Waals surface area contributed by atoms with E-state index in [0.717, 1.165) is 3.53 Å². The largest absolute Gasteiger partial charge is 0.192 e. The van der Waals surface area contributed by atoms with Gasteiger partial charge in [0.15, 0.2) is 0 Å². The van der Waals surface area contributed by atoms with Crippen molar-refractivity contribution in [3.05, 3.63) is 30.3 Å². The van der Waals surface area contributed by atoms with Crippen LogP contribution in [0.2, 0.25) is 0 Å². The molecule has 0 spiro atoms. The van der Waals surface area contributed by atoms with Crippen molar-refractivity contribution in [3.8, 4) is 0 Å². The third kappa shape index (κ3) is 8.39. The monoisotopic (exact) mass is 312 g/mol. The molecular weight excluding hydrogens is 292 g/mol. The lowest BCUT2D eigenvalue weighted by atomic mass is 10.1. The number of rotatable bonds is 4. The highest BCUT2D eigenvalue weighted by atomic mass is 32.2. The quantitative estimate of drug-likeness (QED) is 0.420. The summed E-state index contributed by atoms with van der Waals surface area (Å²) in [7, 11) is 0. The normalized spacial score (nSPS) is 13.7. The van der Waals surface area contributed by atoms with E-state index in [9.17, 15) is 0 Å². The Hall–Kier alpha value is -0.390. The molecule has 0 aromatic heterocycles. The van der Waals surface area contributed by atoms with Crippen LogP contribution >= 0.6 is 35.7 Å². The number of benzene rings is 1. The minimum atomic E-state index is -0.0936. The Morgan fingerprint density at radius 1 is 1.26 bits per heavy atom. The van der Waals surface area contributed by atoms with Gasteiger partial charge in [0.25, 0.3) is 0 Å². The minimum absolute atomic E-state index is 0.0936. The molecule has 1 aromatic carbocycles. The lowest BCUT2D eigenvalue weighted by Crippen LogP contribution is -2.10. The summed E-state index contributed by atoms with van der Waals surface area (Å²) in [6.07, 6.45) is 0. The van der Waals surface area contributed by atoms with Gasteiger partial charge in [0.2, 0.25) is 0 Å². The smallest absolute Gasteiger partial charge is 0.109 e. The van der Waals surface area contributed by atoms with Crippen molar-refractivity contribution in [2.75, 3.05) is 6.54 Å². The van der Waals surface area contributed by atoms with Gasteiger partial charge in [-0.3, -0.25) is 0 Å². The average Bonchev–Trinajstić information content (AvgIpc) is 2.28. The standard InChI is InChI=1S/C14H20N2S3/c1-11(10-15-16-14(2,3)4)18-13(17)19-12-8-6-5-7-9-12/h5-9,11H,10H2,1-4H3/b16-15+. The predicted octanol–water partition coefficient (Wildman–Crippen LogP) is 5.44. The van der Waals surface area contributed by atoms with Gasteiger partial charge in [-0.05, 0) is 32.9 Å². The highest BCUT2D eigenvalue weighted by Crippen LogP contribution is 2.28. The first-order valence-corrected chi connectivity index (χ1v) is 8.29. The molecule has 0 radical (unpaired) electrons. The first kappa shape index (κ1) is 16.7. The van der Waals surface area contributed by atoms with Gasteiger partial charge < -0.3 is 0 Å². The van der Waals surface area contributed by atoms with Crippen LogP contribution < -0.4 is 0 Å². The van der Waals surface area contributed by atoms with Crippen molar-refractivity contribution >= 4 is 39.3 Å². The Labute approximate surface area is 129 Å². The third-order valence-electron chi connectivity index (χ3n) is 1.95. The molecule has 0 fully saturated rings. The lowest BCUT2D eigenvalue weighted by molar-refractivity contribution is 0.538. The van der Waals surface area contributed by atoms with Crippen molar-refractivity contribution in [3.63, 3.8) is 0 Å². The van der Waals surface area contributed by atoms with E-state index in [-0.39, 0.29) is 5.54 Å². The Morgan fingerprint density at radius 2 is 1.89 bits per heavy atom. The molecule has 104 valence electrons. The van der Waals surface area contributed by atoms with E-state index >= 15 is 0 Å². The van der Waals surface area contributed by atoms with Crippen LogP contribution in [0.25, 0.3) is 0 Å². The SMILES string of the molecule is CC(C/N=N/C(C)(C)C)SC(=S)Sc1ccccc1. The van der Waals surface area contributed by atoms with Gasteiger partial charge in [-0.15, -0.1) is 11.8 Å². The van der Waals surface area contributed by atoms with Crippen LogP contribution in [0.1, 0.15) is 27.7 Å². The highest BCUT2D eigenvalue weighted by Gasteiger charge is 2.10.